The average molecular weight is 316 g/mol. The van der Waals surface area contributed by atoms with Crippen molar-refractivity contribution in [3.05, 3.63) is 42.5 Å². The molecule has 1 aromatic heterocycles. The predicted molar refractivity (Wildman–Crippen MR) is 85.4 cm³/mol. The van der Waals surface area contributed by atoms with E-state index in [2.05, 4.69) is 4.98 Å². The monoisotopic (exact) mass is 316 g/mol. The van der Waals surface area contributed by atoms with Crippen LogP contribution in [0.25, 0.3) is 21.8 Å². The molecule has 6 heteroatoms. The van der Waals surface area contributed by atoms with Gasteiger partial charge in [-0.05, 0) is 24.3 Å². The molecule has 3 aromatic rings. The first-order valence-electron chi connectivity index (χ1n) is 7.25. The maximum Gasteiger partial charge on any atom is 0.243 e. The Bertz CT molecular complexity index is 940. The summed E-state index contributed by atoms with van der Waals surface area (Å²) in [6, 6.07) is 13.2. The Balaban J connectivity index is 1.86. The third-order valence-corrected chi connectivity index (χ3v) is 5.98. The minimum Gasteiger partial charge on any atom is -0.379 e. The Labute approximate surface area is 128 Å². The van der Waals surface area contributed by atoms with Crippen molar-refractivity contribution in [2.45, 2.75) is 4.90 Å². The van der Waals surface area contributed by atoms with Crippen molar-refractivity contribution in [2.75, 3.05) is 26.3 Å². The number of para-hydroxylation sites is 1. The van der Waals surface area contributed by atoms with Crippen LogP contribution in [0.1, 0.15) is 0 Å². The molecule has 1 fully saturated rings. The fourth-order valence-corrected chi connectivity index (χ4v) is 4.36. The summed E-state index contributed by atoms with van der Waals surface area (Å²) in [6.07, 6.45) is 0. The van der Waals surface area contributed by atoms with Gasteiger partial charge in [0.15, 0.2) is 0 Å². The van der Waals surface area contributed by atoms with Crippen LogP contribution in [0.3, 0.4) is 0 Å². The zero-order valence-electron chi connectivity index (χ0n) is 12.0. The van der Waals surface area contributed by atoms with Crippen LogP contribution < -0.4 is 0 Å². The van der Waals surface area contributed by atoms with Gasteiger partial charge in [-0.3, -0.25) is 0 Å². The zero-order valence-corrected chi connectivity index (χ0v) is 12.8. The highest BCUT2D eigenvalue weighted by atomic mass is 32.2. The van der Waals surface area contributed by atoms with Gasteiger partial charge in [0.1, 0.15) is 0 Å². The molecule has 5 nitrogen and oxygen atoms in total. The van der Waals surface area contributed by atoms with Crippen LogP contribution in [-0.2, 0) is 14.8 Å². The molecular formula is C16H16N2O3S. The van der Waals surface area contributed by atoms with Crippen LogP contribution in [-0.4, -0.2) is 44.0 Å². The van der Waals surface area contributed by atoms with Crippen molar-refractivity contribution in [1.29, 1.82) is 0 Å². The van der Waals surface area contributed by atoms with E-state index in [0.29, 0.717) is 31.2 Å². The fourth-order valence-electron chi connectivity index (χ4n) is 2.92. The van der Waals surface area contributed by atoms with Gasteiger partial charge in [-0.1, -0.05) is 18.2 Å². The van der Waals surface area contributed by atoms with E-state index < -0.39 is 10.0 Å². The van der Waals surface area contributed by atoms with E-state index in [0.717, 1.165) is 21.8 Å². The molecule has 0 bridgehead atoms. The van der Waals surface area contributed by atoms with E-state index in [9.17, 15) is 8.42 Å². The smallest absolute Gasteiger partial charge is 0.243 e. The van der Waals surface area contributed by atoms with E-state index in [1.54, 1.807) is 12.1 Å². The summed E-state index contributed by atoms with van der Waals surface area (Å²) in [5.41, 5.74) is 1.96. The molecule has 2 aromatic carbocycles. The summed E-state index contributed by atoms with van der Waals surface area (Å²) >= 11 is 0. The highest BCUT2D eigenvalue weighted by molar-refractivity contribution is 7.89. The Morgan fingerprint density at radius 3 is 2.50 bits per heavy atom. The lowest BCUT2D eigenvalue weighted by atomic mass is 10.1. The van der Waals surface area contributed by atoms with Gasteiger partial charge in [-0.15, -0.1) is 0 Å². The lowest BCUT2D eigenvalue weighted by Crippen LogP contribution is -2.40. The topological polar surface area (TPSA) is 62.4 Å². The van der Waals surface area contributed by atoms with Crippen LogP contribution in [0.4, 0.5) is 0 Å². The fraction of sp³-hybridized carbons (Fsp3) is 0.250. The Hall–Kier alpha value is -1.89. The largest absolute Gasteiger partial charge is 0.379 e. The molecule has 0 atom stereocenters. The van der Waals surface area contributed by atoms with Gasteiger partial charge in [0.05, 0.1) is 18.1 Å². The molecule has 114 valence electrons. The zero-order chi connectivity index (χ0) is 15.2. The number of sulfonamides is 1. The van der Waals surface area contributed by atoms with Gasteiger partial charge in [0.25, 0.3) is 0 Å². The van der Waals surface area contributed by atoms with Crippen LogP contribution in [0.5, 0.6) is 0 Å². The first-order valence-corrected chi connectivity index (χ1v) is 8.69. The van der Waals surface area contributed by atoms with Crippen LogP contribution in [0.15, 0.2) is 47.4 Å². The van der Waals surface area contributed by atoms with Crippen LogP contribution >= 0.6 is 0 Å². The summed E-state index contributed by atoms with van der Waals surface area (Å²) in [5.74, 6) is 0. The summed E-state index contributed by atoms with van der Waals surface area (Å²) in [7, 11) is -3.46. The molecule has 1 aliphatic heterocycles. The number of rotatable bonds is 2. The summed E-state index contributed by atoms with van der Waals surface area (Å²) in [6.45, 7) is 1.73. The molecule has 1 aliphatic rings. The number of nitrogens with zero attached hydrogens (tertiary/aromatic N) is 1. The van der Waals surface area contributed by atoms with Crippen molar-refractivity contribution < 1.29 is 13.2 Å². The molecule has 0 spiro atoms. The molecule has 0 aliphatic carbocycles. The first kappa shape index (κ1) is 13.8. The minimum atomic E-state index is -3.46. The van der Waals surface area contributed by atoms with E-state index in [-0.39, 0.29) is 0 Å². The van der Waals surface area contributed by atoms with Gasteiger partial charge in [0, 0.05) is 34.9 Å². The number of hydrogen-bond acceptors (Lipinski definition) is 3. The van der Waals surface area contributed by atoms with Gasteiger partial charge in [0.2, 0.25) is 10.0 Å². The second kappa shape index (κ2) is 5.08. The number of morpholine rings is 1. The van der Waals surface area contributed by atoms with Gasteiger partial charge in [-0.25, -0.2) is 8.42 Å². The van der Waals surface area contributed by atoms with Gasteiger partial charge < -0.3 is 9.72 Å². The minimum absolute atomic E-state index is 0.339. The van der Waals surface area contributed by atoms with E-state index >= 15 is 0 Å². The standard InChI is InChI=1S/C16H16N2O3S/c19-22(20,18-7-9-21-10-8-18)12-5-6-16-14(11-12)13-3-1-2-4-15(13)17-16/h1-6,11,17H,7-10H2. The molecule has 0 saturated carbocycles. The van der Waals surface area contributed by atoms with Crippen molar-refractivity contribution in [3.8, 4) is 0 Å². The number of nitrogens with one attached hydrogen (secondary N) is 1. The molecule has 4 rings (SSSR count). The second-order valence-electron chi connectivity index (χ2n) is 5.39. The Morgan fingerprint density at radius 1 is 0.955 bits per heavy atom. The molecule has 2 heterocycles. The average Bonchev–Trinajstić information content (AvgIpc) is 2.93. The van der Waals surface area contributed by atoms with Gasteiger partial charge in [-0.2, -0.15) is 4.31 Å². The van der Waals surface area contributed by atoms with E-state index in [1.165, 1.54) is 4.31 Å². The number of aromatic nitrogens is 1. The number of hydrogen-bond donors (Lipinski definition) is 1. The highest BCUT2D eigenvalue weighted by Gasteiger charge is 2.26. The lowest BCUT2D eigenvalue weighted by molar-refractivity contribution is 0.0730. The number of H-pyrrole nitrogens is 1. The van der Waals surface area contributed by atoms with Crippen molar-refractivity contribution in [2.24, 2.45) is 0 Å². The normalized spacial score (nSPS) is 17.3. The van der Waals surface area contributed by atoms with Gasteiger partial charge >= 0.3 is 0 Å². The summed E-state index contributed by atoms with van der Waals surface area (Å²) in [4.78, 5) is 3.65. The van der Waals surface area contributed by atoms with Crippen molar-refractivity contribution in [3.63, 3.8) is 0 Å². The predicted octanol–water partition coefficient (Wildman–Crippen LogP) is 2.34. The molecule has 1 N–H and O–H groups in total. The second-order valence-corrected chi connectivity index (χ2v) is 7.33. The third-order valence-electron chi connectivity index (χ3n) is 4.09. The first-order chi connectivity index (χ1) is 10.7. The number of fused-ring (bicyclic) bond motifs is 3. The summed E-state index contributed by atoms with van der Waals surface area (Å²) in [5, 5.41) is 1.97. The van der Waals surface area contributed by atoms with Crippen molar-refractivity contribution >= 4 is 31.8 Å². The summed E-state index contributed by atoms with van der Waals surface area (Å²) < 4.78 is 32.2. The van der Waals surface area contributed by atoms with Crippen molar-refractivity contribution in [1.82, 2.24) is 9.29 Å². The maximum atomic E-state index is 12.7. The molecular weight excluding hydrogens is 300 g/mol. The number of benzene rings is 2. The Kier molecular flexibility index (Phi) is 3.18. The maximum absolute atomic E-state index is 12.7. The van der Waals surface area contributed by atoms with Crippen LogP contribution in [0.2, 0.25) is 0 Å². The third kappa shape index (κ3) is 2.11. The highest BCUT2D eigenvalue weighted by Crippen LogP contribution is 2.28. The lowest BCUT2D eigenvalue weighted by Gasteiger charge is -2.26. The molecule has 1 saturated heterocycles. The SMILES string of the molecule is O=S(=O)(c1ccc2[nH]c3ccccc3c2c1)N1CCOCC1. The van der Waals surface area contributed by atoms with Crippen LogP contribution in [0, 0.1) is 0 Å². The molecule has 0 radical (unpaired) electrons. The van der Waals surface area contributed by atoms with E-state index in [1.807, 2.05) is 30.3 Å². The number of aromatic amines is 1. The molecule has 22 heavy (non-hydrogen) atoms. The van der Waals surface area contributed by atoms with E-state index in [4.69, 9.17) is 4.74 Å². The quantitative estimate of drug-likeness (QED) is 0.789. The number of ether oxygens (including phenoxy) is 1. The Morgan fingerprint density at radius 2 is 1.68 bits per heavy atom. The molecule has 0 unspecified atom stereocenters. The molecule has 0 amide bonds.